The molecule has 0 aliphatic heterocycles. The number of carboxylic acid groups (broad SMARTS) is 1. The Morgan fingerprint density at radius 1 is 1.69 bits per heavy atom. The standard InChI is InChI=1S/C9H13F2N3O2/c1-6(8(15)16)7-5-12-13-14(7)4-3-9(2,10)11/h5-6H,3-4H2,1-2H3,(H,15,16). The number of aliphatic carboxylic acids is 1. The van der Waals surface area contributed by atoms with E-state index in [0.29, 0.717) is 5.69 Å². The van der Waals surface area contributed by atoms with Gasteiger partial charge in [-0.05, 0) is 13.8 Å². The van der Waals surface area contributed by atoms with Crippen molar-refractivity contribution in [2.45, 2.75) is 38.7 Å². The number of nitrogens with zero attached hydrogens (tertiary/aromatic N) is 3. The minimum absolute atomic E-state index is 0.0452. The van der Waals surface area contributed by atoms with E-state index in [9.17, 15) is 13.6 Å². The van der Waals surface area contributed by atoms with Gasteiger partial charge in [0.2, 0.25) is 5.92 Å². The summed E-state index contributed by atoms with van der Waals surface area (Å²) in [7, 11) is 0. The molecule has 1 rings (SSSR count). The van der Waals surface area contributed by atoms with Gasteiger partial charge in [0.15, 0.2) is 0 Å². The summed E-state index contributed by atoms with van der Waals surface area (Å²) in [5.41, 5.74) is 0.330. The molecule has 0 aromatic carbocycles. The predicted octanol–water partition coefficient (Wildman–Crippen LogP) is 1.51. The van der Waals surface area contributed by atoms with Crippen LogP contribution < -0.4 is 0 Å². The largest absolute Gasteiger partial charge is 0.481 e. The highest BCUT2D eigenvalue weighted by Crippen LogP contribution is 2.19. The van der Waals surface area contributed by atoms with Crippen molar-refractivity contribution in [1.82, 2.24) is 15.0 Å². The van der Waals surface area contributed by atoms with Gasteiger partial charge in [-0.15, -0.1) is 5.10 Å². The SMILES string of the molecule is CC(C(=O)O)c1cnnn1CCC(C)(F)F. The van der Waals surface area contributed by atoms with E-state index >= 15 is 0 Å². The fourth-order valence-corrected chi connectivity index (χ4v) is 1.20. The Morgan fingerprint density at radius 2 is 2.31 bits per heavy atom. The van der Waals surface area contributed by atoms with E-state index in [0.717, 1.165) is 6.92 Å². The van der Waals surface area contributed by atoms with Crippen molar-refractivity contribution < 1.29 is 18.7 Å². The molecule has 1 atom stereocenters. The number of aryl methyl sites for hydroxylation is 1. The van der Waals surface area contributed by atoms with Crippen LogP contribution in [-0.2, 0) is 11.3 Å². The zero-order valence-electron chi connectivity index (χ0n) is 9.02. The molecule has 1 unspecified atom stereocenters. The second kappa shape index (κ2) is 4.54. The van der Waals surface area contributed by atoms with Gasteiger partial charge in [0.25, 0.3) is 0 Å². The Bertz CT molecular complexity index is 373. The van der Waals surface area contributed by atoms with Gasteiger partial charge in [-0.2, -0.15) is 0 Å². The van der Waals surface area contributed by atoms with E-state index in [1.807, 2.05) is 0 Å². The molecule has 1 heterocycles. The topological polar surface area (TPSA) is 68.0 Å². The highest BCUT2D eigenvalue weighted by Gasteiger charge is 2.24. The number of hydrogen-bond acceptors (Lipinski definition) is 3. The lowest BCUT2D eigenvalue weighted by Crippen LogP contribution is -2.18. The molecule has 1 N–H and O–H groups in total. The minimum atomic E-state index is -2.80. The molecule has 1 aromatic heterocycles. The Kier molecular flexibility index (Phi) is 3.56. The van der Waals surface area contributed by atoms with Gasteiger partial charge in [-0.25, -0.2) is 13.5 Å². The quantitative estimate of drug-likeness (QED) is 0.837. The van der Waals surface area contributed by atoms with Crippen LogP contribution in [0.1, 0.15) is 31.9 Å². The monoisotopic (exact) mass is 233 g/mol. The number of carbonyl (C=O) groups is 1. The van der Waals surface area contributed by atoms with Crippen LogP contribution in [0.2, 0.25) is 0 Å². The molecule has 0 saturated heterocycles. The number of rotatable bonds is 5. The van der Waals surface area contributed by atoms with E-state index in [1.165, 1.54) is 17.8 Å². The van der Waals surface area contributed by atoms with Crippen LogP contribution >= 0.6 is 0 Å². The Balaban J connectivity index is 2.75. The minimum Gasteiger partial charge on any atom is -0.481 e. The van der Waals surface area contributed by atoms with Gasteiger partial charge in [0.1, 0.15) is 0 Å². The Labute approximate surface area is 91.1 Å². The lowest BCUT2D eigenvalue weighted by atomic mass is 10.1. The molecule has 0 radical (unpaired) electrons. The van der Waals surface area contributed by atoms with Crippen molar-refractivity contribution in [1.29, 1.82) is 0 Å². The summed E-state index contributed by atoms with van der Waals surface area (Å²) >= 11 is 0. The van der Waals surface area contributed by atoms with Crippen molar-refractivity contribution in [3.63, 3.8) is 0 Å². The maximum atomic E-state index is 12.6. The highest BCUT2D eigenvalue weighted by atomic mass is 19.3. The summed E-state index contributed by atoms with van der Waals surface area (Å²) in [5.74, 6) is -4.64. The normalized spacial score (nSPS) is 13.8. The average Bonchev–Trinajstić information content (AvgIpc) is 2.59. The molecule has 0 saturated carbocycles. The third-order valence-electron chi connectivity index (χ3n) is 2.22. The molecule has 5 nitrogen and oxygen atoms in total. The van der Waals surface area contributed by atoms with E-state index in [1.54, 1.807) is 0 Å². The summed E-state index contributed by atoms with van der Waals surface area (Å²) in [5, 5.41) is 15.9. The number of halogens is 2. The van der Waals surface area contributed by atoms with Gasteiger partial charge < -0.3 is 5.11 Å². The maximum Gasteiger partial charge on any atom is 0.312 e. The number of hydrogen-bond donors (Lipinski definition) is 1. The first-order valence-electron chi connectivity index (χ1n) is 4.80. The molecule has 0 aliphatic carbocycles. The molecule has 7 heteroatoms. The van der Waals surface area contributed by atoms with Crippen molar-refractivity contribution in [2.75, 3.05) is 0 Å². The van der Waals surface area contributed by atoms with Crippen molar-refractivity contribution >= 4 is 5.97 Å². The van der Waals surface area contributed by atoms with E-state index < -0.39 is 24.2 Å². The number of alkyl halides is 2. The van der Waals surface area contributed by atoms with Crippen LogP contribution in [0, 0.1) is 0 Å². The third-order valence-corrected chi connectivity index (χ3v) is 2.22. The van der Waals surface area contributed by atoms with Crippen LogP contribution in [0.3, 0.4) is 0 Å². The summed E-state index contributed by atoms with van der Waals surface area (Å²) < 4.78 is 26.5. The third kappa shape index (κ3) is 3.25. The maximum absolute atomic E-state index is 12.6. The van der Waals surface area contributed by atoms with Crippen LogP contribution in [0.5, 0.6) is 0 Å². The first-order chi connectivity index (χ1) is 7.31. The molecule has 0 aliphatic rings. The van der Waals surface area contributed by atoms with E-state index in [4.69, 9.17) is 5.11 Å². The number of aromatic nitrogens is 3. The molecule has 0 fully saturated rings. The number of carboxylic acids is 1. The van der Waals surface area contributed by atoms with Gasteiger partial charge in [-0.3, -0.25) is 4.79 Å². The van der Waals surface area contributed by atoms with Crippen LogP contribution in [0.15, 0.2) is 6.20 Å². The van der Waals surface area contributed by atoms with Gasteiger partial charge >= 0.3 is 5.97 Å². The zero-order chi connectivity index (χ0) is 12.3. The second-order valence-corrected chi connectivity index (χ2v) is 3.76. The zero-order valence-corrected chi connectivity index (χ0v) is 9.02. The smallest absolute Gasteiger partial charge is 0.312 e. The molecular formula is C9H13F2N3O2. The first-order valence-corrected chi connectivity index (χ1v) is 4.80. The molecular weight excluding hydrogens is 220 g/mol. The lowest BCUT2D eigenvalue weighted by molar-refractivity contribution is -0.138. The lowest BCUT2D eigenvalue weighted by Gasteiger charge is -2.12. The summed E-state index contributed by atoms with van der Waals surface area (Å²) in [6.45, 7) is 2.22. The first kappa shape index (κ1) is 12.5. The Morgan fingerprint density at radius 3 is 2.81 bits per heavy atom. The highest BCUT2D eigenvalue weighted by molar-refractivity contribution is 5.74. The average molecular weight is 233 g/mol. The summed E-state index contributed by atoms with van der Waals surface area (Å²) in [6.07, 6.45) is 0.891. The van der Waals surface area contributed by atoms with Crippen molar-refractivity contribution in [3.8, 4) is 0 Å². The molecule has 0 spiro atoms. The van der Waals surface area contributed by atoms with Crippen LogP contribution in [-0.4, -0.2) is 32.0 Å². The fraction of sp³-hybridized carbons (Fsp3) is 0.667. The summed E-state index contributed by atoms with van der Waals surface area (Å²) in [4.78, 5) is 10.7. The molecule has 16 heavy (non-hydrogen) atoms. The molecule has 1 aromatic rings. The van der Waals surface area contributed by atoms with E-state index in [2.05, 4.69) is 10.3 Å². The van der Waals surface area contributed by atoms with Crippen molar-refractivity contribution in [3.05, 3.63) is 11.9 Å². The second-order valence-electron chi connectivity index (χ2n) is 3.76. The van der Waals surface area contributed by atoms with Crippen LogP contribution in [0.25, 0.3) is 0 Å². The molecule has 0 amide bonds. The molecule has 0 bridgehead atoms. The fourth-order valence-electron chi connectivity index (χ4n) is 1.20. The Hall–Kier alpha value is -1.53. The predicted molar refractivity (Wildman–Crippen MR) is 51.3 cm³/mol. The van der Waals surface area contributed by atoms with Crippen LogP contribution in [0.4, 0.5) is 8.78 Å². The van der Waals surface area contributed by atoms with Gasteiger partial charge in [0, 0.05) is 13.0 Å². The molecule has 90 valence electrons. The summed E-state index contributed by atoms with van der Waals surface area (Å²) in [6, 6.07) is 0. The van der Waals surface area contributed by atoms with E-state index in [-0.39, 0.29) is 6.54 Å². The van der Waals surface area contributed by atoms with Gasteiger partial charge in [-0.1, -0.05) is 5.21 Å². The van der Waals surface area contributed by atoms with Gasteiger partial charge in [0.05, 0.1) is 17.8 Å². The van der Waals surface area contributed by atoms with Crippen molar-refractivity contribution in [2.24, 2.45) is 0 Å².